The second kappa shape index (κ2) is 5.81. The summed E-state index contributed by atoms with van der Waals surface area (Å²) < 4.78 is 12.6. The molecule has 0 spiro atoms. The SMILES string of the molecule is CC1(C)CCCC1C(N)c1cc2c(cc1Br)OCCCO2. The summed E-state index contributed by atoms with van der Waals surface area (Å²) in [7, 11) is 0. The lowest BCUT2D eigenvalue weighted by Crippen LogP contribution is -2.29. The Morgan fingerprint density at radius 1 is 1.19 bits per heavy atom. The highest BCUT2D eigenvalue weighted by Gasteiger charge is 2.39. The minimum atomic E-state index is 0.0361. The monoisotopic (exact) mass is 353 g/mol. The lowest BCUT2D eigenvalue weighted by Gasteiger charge is -2.33. The summed E-state index contributed by atoms with van der Waals surface area (Å²) in [5.41, 5.74) is 8.07. The molecule has 2 aliphatic rings. The molecule has 21 heavy (non-hydrogen) atoms. The average Bonchev–Trinajstić information content (AvgIpc) is 2.65. The molecule has 1 aromatic rings. The Bertz CT molecular complexity index is 530. The van der Waals surface area contributed by atoms with E-state index in [1.807, 2.05) is 6.07 Å². The van der Waals surface area contributed by atoms with Gasteiger partial charge >= 0.3 is 0 Å². The summed E-state index contributed by atoms with van der Waals surface area (Å²) in [6.45, 7) is 6.09. The third-order valence-electron chi connectivity index (χ3n) is 5.00. The van der Waals surface area contributed by atoms with E-state index in [-0.39, 0.29) is 6.04 Å². The molecule has 2 unspecified atom stereocenters. The van der Waals surface area contributed by atoms with Gasteiger partial charge in [0.1, 0.15) is 0 Å². The molecule has 4 heteroatoms. The maximum absolute atomic E-state index is 6.62. The Hall–Kier alpha value is -0.740. The van der Waals surface area contributed by atoms with Crippen molar-refractivity contribution >= 4 is 15.9 Å². The van der Waals surface area contributed by atoms with Crippen molar-refractivity contribution in [3.05, 3.63) is 22.2 Å². The molecule has 0 amide bonds. The number of halogens is 1. The van der Waals surface area contributed by atoms with Gasteiger partial charge in [-0.05, 0) is 41.9 Å². The Labute approximate surface area is 135 Å². The van der Waals surface area contributed by atoms with Crippen LogP contribution in [0, 0.1) is 11.3 Å². The van der Waals surface area contributed by atoms with Gasteiger partial charge in [-0.3, -0.25) is 0 Å². The molecule has 0 radical (unpaired) electrons. The average molecular weight is 354 g/mol. The molecule has 3 rings (SSSR count). The van der Waals surface area contributed by atoms with Gasteiger partial charge in [0, 0.05) is 16.9 Å². The molecular formula is C17H24BrNO2. The fraction of sp³-hybridized carbons (Fsp3) is 0.647. The zero-order valence-electron chi connectivity index (χ0n) is 12.8. The van der Waals surface area contributed by atoms with Crippen molar-refractivity contribution in [3.63, 3.8) is 0 Å². The molecule has 1 fully saturated rings. The molecule has 1 saturated carbocycles. The van der Waals surface area contributed by atoms with Gasteiger partial charge in [-0.2, -0.15) is 0 Å². The van der Waals surface area contributed by atoms with Crippen LogP contribution in [0.1, 0.15) is 51.1 Å². The van der Waals surface area contributed by atoms with Crippen molar-refractivity contribution in [2.75, 3.05) is 13.2 Å². The summed E-state index contributed by atoms with van der Waals surface area (Å²) in [6, 6.07) is 4.12. The molecule has 3 nitrogen and oxygen atoms in total. The fourth-order valence-electron chi connectivity index (χ4n) is 3.69. The zero-order chi connectivity index (χ0) is 15.0. The molecule has 1 aliphatic heterocycles. The summed E-state index contributed by atoms with van der Waals surface area (Å²) in [4.78, 5) is 0. The van der Waals surface area contributed by atoms with Crippen LogP contribution < -0.4 is 15.2 Å². The van der Waals surface area contributed by atoms with Crippen LogP contribution in [0.15, 0.2) is 16.6 Å². The van der Waals surface area contributed by atoms with Crippen molar-refractivity contribution in [2.24, 2.45) is 17.1 Å². The van der Waals surface area contributed by atoms with Gasteiger partial charge in [0.2, 0.25) is 0 Å². The predicted octanol–water partition coefficient (Wildman–Crippen LogP) is 4.44. The van der Waals surface area contributed by atoms with Crippen molar-refractivity contribution in [2.45, 2.75) is 45.6 Å². The van der Waals surface area contributed by atoms with Crippen LogP contribution >= 0.6 is 15.9 Å². The maximum atomic E-state index is 6.62. The molecule has 1 aromatic carbocycles. The highest BCUT2D eigenvalue weighted by Crippen LogP contribution is 2.49. The van der Waals surface area contributed by atoms with Crippen LogP contribution in [0.4, 0.5) is 0 Å². The number of benzene rings is 1. The summed E-state index contributed by atoms with van der Waals surface area (Å²) in [6.07, 6.45) is 4.65. The van der Waals surface area contributed by atoms with Gasteiger partial charge in [-0.15, -0.1) is 0 Å². The van der Waals surface area contributed by atoms with Gasteiger partial charge in [0.25, 0.3) is 0 Å². The van der Waals surface area contributed by atoms with Crippen molar-refractivity contribution in [1.29, 1.82) is 0 Å². The van der Waals surface area contributed by atoms with Crippen molar-refractivity contribution in [3.8, 4) is 11.5 Å². The Kier molecular flexibility index (Phi) is 4.19. The van der Waals surface area contributed by atoms with E-state index in [9.17, 15) is 0 Å². The number of nitrogens with two attached hydrogens (primary N) is 1. The Morgan fingerprint density at radius 3 is 2.48 bits per heavy atom. The Morgan fingerprint density at radius 2 is 1.86 bits per heavy atom. The van der Waals surface area contributed by atoms with Crippen molar-refractivity contribution in [1.82, 2.24) is 0 Å². The maximum Gasteiger partial charge on any atom is 0.162 e. The normalized spacial score (nSPS) is 25.4. The highest BCUT2D eigenvalue weighted by molar-refractivity contribution is 9.10. The van der Waals surface area contributed by atoms with Crippen LogP contribution in [-0.2, 0) is 0 Å². The minimum Gasteiger partial charge on any atom is -0.490 e. The minimum absolute atomic E-state index is 0.0361. The van der Waals surface area contributed by atoms with E-state index in [1.54, 1.807) is 0 Å². The smallest absolute Gasteiger partial charge is 0.162 e. The number of ether oxygens (including phenoxy) is 2. The first-order valence-corrected chi connectivity index (χ1v) is 8.63. The molecule has 2 N–H and O–H groups in total. The molecule has 2 atom stereocenters. The topological polar surface area (TPSA) is 44.5 Å². The number of hydrogen-bond acceptors (Lipinski definition) is 3. The molecule has 116 valence electrons. The standard InChI is InChI=1S/C17H24BrNO2/c1-17(2)6-3-5-12(17)16(19)11-9-14-15(10-13(11)18)21-8-4-7-20-14/h9-10,12,16H,3-8,19H2,1-2H3. The Balaban J connectivity index is 1.93. The van der Waals surface area contributed by atoms with Crippen LogP contribution in [0.3, 0.4) is 0 Å². The second-order valence-electron chi connectivity index (χ2n) is 6.88. The first kappa shape index (κ1) is 15.2. The van der Waals surface area contributed by atoms with E-state index in [0.717, 1.165) is 28.0 Å². The van der Waals surface area contributed by atoms with Crippen LogP contribution in [-0.4, -0.2) is 13.2 Å². The van der Waals surface area contributed by atoms with Crippen LogP contribution in [0.25, 0.3) is 0 Å². The van der Waals surface area contributed by atoms with E-state index in [4.69, 9.17) is 15.2 Å². The van der Waals surface area contributed by atoms with Gasteiger partial charge in [-0.1, -0.05) is 36.2 Å². The van der Waals surface area contributed by atoms with E-state index < -0.39 is 0 Å². The molecule has 0 bridgehead atoms. The van der Waals surface area contributed by atoms with E-state index in [2.05, 4.69) is 35.8 Å². The molecule has 0 aromatic heterocycles. The second-order valence-corrected chi connectivity index (χ2v) is 7.74. The van der Waals surface area contributed by atoms with Crippen LogP contribution in [0.2, 0.25) is 0 Å². The highest BCUT2D eigenvalue weighted by atomic mass is 79.9. The summed E-state index contributed by atoms with van der Waals surface area (Å²) in [5.74, 6) is 2.16. The molecule has 0 saturated heterocycles. The van der Waals surface area contributed by atoms with Gasteiger partial charge in [0.05, 0.1) is 13.2 Å². The third kappa shape index (κ3) is 2.93. The summed E-state index contributed by atoms with van der Waals surface area (Å²) >= 11 is 3.67. The van der Waals surface area contributed by atoms with Gasteiger partial charge in [-0.25, -0.2) is 0 Å². The lowest BCUT2D eigenvalue weighted by atomic mass is 9.76. The fourth-order valence-corrected chi connectivity index (χ4v) is 4.28. The van der Waals surface area contributed by atoms with E-state index in [1.165, 1.54) is 19.3 Å². The van der Waals surface area contributed by atoms with Crippen molar-refractivity contribution < 1.29 is 9.47 Å². The largest absolute Gasteiger partial charge is 0.490 e. The van der Waals surface area contributed by atoms with E-state index >= 15 is 0 Å². The zero-order valence-corrected chi connectivity index (χ0v) is 14.4. The summed E-state index contributed by atoms with van der Waals surface area (Å²) in [5, 5.41) is 0. The van der Waals surface area contributed by atoms with Crippen LogP contribution in [0.5, 0.6) is 11.5 Å². The number of rotatable bonds is 2. The van der Waals surface area contributed by atoms with E-state index in [0.29, 0.717) is 24.5 Å². The third-order valence-corrected chi connectivity index (χ3v) is 5.69. The number of fused-ring (bicyclic) bond motifs is 1. The molecule has 1 aliphatic carbocycles. The lowest BCUT2D eigenvalue weighted by molar-refractivity contribution is 0.221. The molecular weight excluding hydrogens is 330 g/mol. The molecule has 1 heterocycles. The first-order chi connectivity index (χ1) is 9.99. The van der Waals surface area contributed by atoms with Gasteiger partial charge in [0.15, 0.2) is 11.5 Å². The first-order valence-electron chi connectivity index (χ1n) is 7.84. The van der Waals surface area contributed by atoms with Gasteiger partial charge < -0.3 is 15.2 Å². The predicted molar refractivity (Wildman–Crippen MR) is 87.8 cm³/mol. The quantitative estimate of drug-likeness (QED) is 0.854. The number of hydrogen-bond donors (Lipinski definition) is 1.